The summed E-state index contributed by atoms with van der Waals surface area (Å²) < 4.78 is 2.84. The number of thioether (sulfide) groups is 2. The van der Waals surface area contributed by atoms with Crippen LogP contribution in [0.25, 0.3) is 0 Å². The number of nitrogens with zero attached hydrogens (tertiary/aromatic N) is 3. The lowest BCUT2D eigenvalue weighted by Crippen LogP contribution is -2.44. The van der Waals surface area contributed by atoms with E-state index < -0.39 is 0 Å². The maximum atomic E-state index is 12.6. The molecule has 98 valence electrons. The van der Waals surface area contributed by atoms with E-state index in [0.29, 0.717) is 0 Å². The Morgan fingerprint density at radius 3 is 3.11 bits per heavy atom. The molecule has 18 heavy (non-hydrogen) atoms. The number of fused-ring (bicyclic) bond motifs is 1. The van der Waals surface area contributed by atoms with Gasteiger partial charge in [-0.25, -0.2) is 4.68 Å². The first-order valence-electron chi connectivity index (χ1n) is 5.99. The third kappa shape index (κ3) is 2.32. The average molecular weight is 348 g/mol. The zero-order chi connectivity index (χ0) is 12.5. The Bertz CT molecular complexity index is 459. The van der Waals surface area contributed by atoms with E-state index >= 15 is 0 Å². The number of amides is 1. The number of carbonyl (C=O) groups excluding carboxylic acids is 1. The van der Waals surface area contributed by atoms with Crippen LogP contribution in [-0.4, -0.2) is 44.7 Å². The molecular weight excluding hydrogens is 334 g/mol. The van der Waals surface area contributed by atoms with Gasteiger partial charge in [0.15, 0.2) is 0 Å². The molecule has 4 nitrogen and oxygen atoms in total. The molecule has 3 heterocycles. The maximum absolute atomic E-state index is 12.6. The van der Waals surface area contributed by atoms with Gasteiger partial charge in [-0.2, -0.15) is 16.9 Å². The molecule has 1 saturated heterocycles. The lowest BCUT2D eigenvalue weighted by Gasteiger charge is -2.32. The third-order valence-electron chi connectivity index (χ3n) is 3.13. The van der Waals surface area contributed by atoms with E-state index in [-0.39, 0.29) is 11.2 Å². The second-order valence-electron chi connectivity index (χ2n) is 4.32. The average Bonchev–Trinajstić information content (AvgIpc) is 2.81. The zero-order valence-corrected chi connectivity index (χ0v) is 13.1. The largest absolute Gasteiger partial charge is 0.295 e. The summed E-state index contributed by atoms with van der Waals surface area (Å²) in [6.45, 7) is 1.71. The molecule has 2 aliphatic rings. The van der Waals surface area contributed by atoms with Crippen LogP contribution >= 0.6 is 39.5 Å². The zero-order valence-electron chi connectivity index (χ0n) is 9.84. The highest BCUT2D eigenvalue weighted by Crippen LogP contribution is 2.33. The van der Waals surface area contributed by atoms with Crippen molar-refractivity contribution in [1.29, 1.82) is 0 Å². The van der Waals surface area contributed by atoms with Crippen LogP contribution in [0.2, 0.25) is 0 Å². The summed E-state index contributed by atoms with van der Waals surface area (Å²) in [6, 6.07) is 0. The van der Waals surface area contributed by atoms with Crippen LogP contribution in [0.15, 0.2) is 10.7 Å². The van der Waals surface area contributed by atoms with Crippen molar-refractivity contribution in [2.45, 2.75) is 18.2 Å². The van der Waals surface area contributed by atoms with Crippen molar-refractivity contribution in [2.24, 2.45) is 0 Å². The summed E-state index contributed by atoms with van der Waals surface area (Å²) in [6.07, 6.45) is 2.76. The van der Waals surface area contributed by atoms with Crippen molar-refractivity contribution >= 4 is 51.2 Å². The number of anilines is 1. The summed E-state index contributed by atoms with van der Waals surface area (Å²) in [5, 5.41) is 4.41. The van der Waals surface area contributed by atoms with Crippen molar-refractivity contribution in [3.05, 3.63) is 10.7 Å². The summed E-state index contributed by atoms with van der Waals surface area (Å²) in [5.74, 6) is 4.36. The molecule has 1 atom stereocenters. The number of halogens is 1. The SMILES string of the molecule is O=C([C@@H]1CSCCS1)N1CCCn2ncc(Br)c21. The van der Waals surface area contributed by atoms with E-state index in [1.54, 1.807) is 18.0 Å². The fourth-order valence-corrected chi connectivity index (χ4v) is 5.41. The second-order valence-corrected chi connectivity index (χ2v) is 7.63. The molecule has 0 aromatic carbocycles. The smallest absolute Gasteiger partial charge is 0.242 e. The van der Waals surface area contributed by atoms with Crippen LogP contribution in [0.4, 0.5) is 5.82 Å². The van der Waals surface area contributed by atoms with Crippen molar-refractivity contribution in [2.75, 3.05) is 28.7 Å². The number of rotatable bonds is 1. The number of aryl methyl sites for hydroxylation is 1. The van der Waals surface area contributed by atoms with Gasteiger partial charge in [-0.3, -0.25) is 9.69 Å². The highest BCUT2D eigenvalue weighted by molar-refractivity contribution is 9.10. The van der Waals surface area contributed by atoms with Crippen molar-refractivity contribution in [3.63, 3.8) is 0 Å². The van der Waals surface area contributed by atoms with E-state index in [0.717, 1.165) is 47.1 Å². The number of hydrogen-bond donors (Lipinski definition) is 0. The van der Waals surface area contributed by atoms with E-state index in [1.165, 1.54) is 0 Å². The number of hydrogen-bond acceptors (Lipinski definition) is 4. The van der Waals surface area contributed by atoms with Crippen LogP contribution < -0.4 is 4.90 Å². The molecule has 1 fully saturated rings. The van der Waals surface area contributed by atoms with Crippen LogP contribution in [0, 0.1) is 0 Å². The van der Waals surface area contributed by atoms with Crippen molar-refractivity contribution in [3.8, 4) is 0 Å². The summed E-state index contributed by atoms with van der Waals surface area (Å²) in [5.41, 5.74) is 0. The molecule has 0 radical (unpaired) electrons. The standard InChI is InChI=1S/C11H14BrN3OS2/c12-8-6-13-15-3-1-2-14(10(8)15)11(16)9-7-17-4-5-18-9/h6,9H,1-5,7H2/t9-/m0/s1. The first-order chi connectivity index (χ1) is 8.77. The van der Waals surface area contributed by atoms with Gasteiger partial charge in [0.2, 0.25) is 5.91 Å². The normalized spacial score (nSPS) is 23.8. The Labute approximate surface area is 123 Å². The molecule has 0 bridgehead atoms. The molecule has 1 amide bonds. The highest BCUT2D eigenvalue weighted by atomic mass is 79.9. The monoisotopic (exact) mass is 347 g/mol. The first-order valence-corrected chi connectivity index (χ1v) is 8.99. The topological polar surface area (TPSA) is 38.1 Å². The quantitative estimate of drug-likeness (QED) is 0.780. The van der Waals surface area contributed by atoms with Crippen LogP contribution in [0.1, 0.15) is 6.42 Å². The Hall–Kier alpha value is -0.140. The van der Waals surface area contributed by atoms with Crippen LogP contribution in [0.5, 0.6) is 0 Å². The molecule has 3 rings (SSSR count). The molecule has 2 aliphatic heterocycles. The molecule has 0 spiro atoms. The van der Waals surface area contributed by atoms with Gasteiger partial charge in [0, 0.05) is 30.3 Å². The minimum atomic E-state index is 0.108. The summed E-state index contributed by atoms with van der Waals surface area (Å²) in [4.78, 5) is 14.5. The minimum absolute atomic E-state index is 0.108. The van der Waals surface area contributed by atoms with E-state index in [4.69, 9.17) is 0 Å². The molecular formula is C11H14BrN3OS2. The lowest BCUT2D eigenvalue weighted by molar-refractivity contribution is -0.118. The van der Waals surface area contributed by atoms with Gasteiger partial charge in [0.25, 0.3) is 0 Å². The molecule has 0 N–H and O–H groups in total. The van der Waals surface area contributed by atoms with Gasteiger partial charge in [-0.05, 0) is 22.4 Å². The van der Waals surface area contributed by atoms with Gasteiger partial charge >= 0.3 is 0 Å². The molecule has 1 aromatic heterocycles. The van der Waals surface area contributed by atoms with Gasteiger partial charge in [0.05, 0.1) is 15.9 Å². The summed E-state index contributed by atoms with van der Waals surface area (Å²) >= 11 is 7.17. The van der Waals surface area contributed by atoms with Gasteiger partial charge < -0.3 is 0 Å². The fraction of sp³-hybridized carbons (Fsp3) is 0.636. The number of carbonyl (C=O) groups is 1. The van der Waals surface area contributed by atoms with Crippen LogP contribution in [0.3, 0.4) is 0 Å². The van der Waals surface area contributed by atoms with Gasteiger partial charge in [-0.15, -0.1) is 11.8 Å². The minimum Gasteiger partial charge on any atom is -0.295 e. The Morgan fingerprint density at radius 1 is 1.44 bits per heavy atom. The molecule has 0 aliphatic carbocycles. The van der Waals surface area contributed by atoms with E-state index in [2.05, 4.69) is 21.0 Å². The lowest BCUT2D eigenvalue weighted by atomic mass is 10.2. The molecule has 0 saturated carbocycles. The van der Waals surface area contributed by atoms with Gasteiger partial charge in [-0.1, -0.05) is 0 Å². The summed E-state index contributed by atoms with van der Waals surface area (Å²) in [7, 11) is 0. The predicted molar refractivity (Wildman–Crippen MR) is 80.5 cm³/mol. The Kier molecular flexibility index (Phi) is 3.91. The predicted octanol–water partition coefficient (Wildman–Crippen LogP) is 2.23. The number of aromatic nitrogens is 2. The van der Waals surface area contributed by atoms with Crippen molar-refractivity contribution in [1.82, 2.24) is 9.78 Å². The van der Waals surface area contributed by atoms with Crippen LogP contribution in [-0.2, 0) is 11.3 Å². The Balaban J connectivity index is 1.84. The molecule has 0 unspecified atom stereocenters. The molecule has 1 aromatic rings. The van der Waals surface area contributed by atoms with E-state index in [9.17, 15) is 4.79 Å². The fourth-order valence-electron chi connectivity index (χ4n) is 2.29. The maximum Gasteiger partial charge on any atom is 0.242 e. The third-order valence-corrected chi connectivity index (χ3v) is 6.43. The van der Waals surface area contributed by atoms with E-state index in [1.807, 2.05) is 21.3 Å². The molecule has 7 heteroatoms. The van der Waals surface area contributed by atoms with Crippen molar-refractivity contribution < 1.29 is 4.79 Å². The first kappa shape index (κ1) is 12.9. The highest BCUT2D eigenvalue weighted by Gasteiger charge is 2.32. The Morgan fingerprint density at radius 2 is 2.33 bits per heavy atom. The second kappa shape index (κ2) is 5.46. The van der Waals surface area contributed by atoms with Gasteiger partial charge in [0.1, 0.15) is 5.82 Å².